The zero-order chi connectivity index (χ0) is 15.3. The Hall–Kier alpha value is -1.42. The van der Waals surface area contributed by atoms with Crippen LogP contribution in [0.15, 0.2) is 47.9 Å². The van der Waals surface area contributed by atoms with Gasteiger partial charge in [0.05, 0.1) is 10.1 Å². The average Bonchev–Trinajstić information content (AvgIpc) is 2.50. The number of sulfone groups is 1. The predicted octanol–water partition coefficient (Wildman–Crippen LogP) is 3.55. The molecule has 1 aromatic carbocycles. The minimum absolute atomic E-state index is 0.109. The van der Waals surface area contributed by atoms with Gasteiger partial charge < -0.3 is 0 Å². The minimum Gasteiger partial charge on any atom is -0.299 e. The second kappa shape index (κ2) is 7.03. The number of carbonyl (C=O) groups excluding carboxylic acids is 1. The van der Waals surface area contributed by atoms with Gasteiger partial charge in [0.1, 0.15) is 5.78 Å². The van der Waals surface area contributed by atoms with Gasteiger partial charge in [-0.3, -0.25) is 4.79 Å². The summed E-state index contributed by atoms with van der Waals surface area (Å²) in [6.45, 7) is 3.67. The first-order valence-corrected chi connectivity index (χ1v) is 9.03. The number of Topliss-reactive ketones (excluding diaryl/α,β-unsaturated/α-hetero) is 1. The van der Waals surface area contributed by atoms with Gasteiger partial charge in [-0.2, -0.15) is 0 Å². The van der Waals surface area contributed by atoms with Gasteiger partial charge >= 0.3 is 0 Å². The Morgan fingerprint density at radius 3 is 2.57 bits per heavy atom. The molecule has 1 saturated carbocycles. The van der Waals surface area contributed by atoms with E-state index in [0.717, 1.165) is 19.3 Å². The number of benzene rings is 1. The third-order valence-electron chi connectivity index (χ3n) is 4.17. The fraction of sp³-hybridized carbons (Fsp3) is 0.471. The van der Waals surface area contributed by atoms with Crippen LogP contribution >= 0.6 is 0 Å². The maximum Gasteiger partial charge on any atom is 0.181 e. The van der Waals surface area contributed by atoms with Crippen molar-refractivity contribution in [1.29, 1.82) is 0 Å². The molecule has 1 aliphatic rings. The summed E-state index contributed by atoms with van der Waals surface area (Å²) in [6.07, 6.45) is 5.81. The number of hydrogen-bond acceptors (Lipinski definition) is 3. The molecule has 3 nitrogen and oxygen atoms in total. The van der Waals surface area contributed by atoms with E-state index in [0.29, 0.717) is 24.2 Å². The summed E-state index contributed by atoms with van der Waals surface area (Å²) < 4.78 is 25.5. The van der Waals surface area contributed by atoms with Crippen molar-refractivity contribution in [3.8, 4) is 0 Å². The molecule has 1 aliphatic carbocycles. The molecule has 0 heterocycles. The minimum atomic E-state index is -3.41. The van der Waals surface area contributed by atoms with E-state index in [1.165, 1.54) is 0 Å². The highest BCUT2D eigenvalue weighted by molar-refractivity contribution is 7.92. The fourth-order valence-electron chi connectivity index (χ4n) is 2.96. The van der Waals surface area contributed by atoms with Crippen LogP contribution in [0.5, 0.6) is 0 Å². The first-order valence-electron chi connectivity index (χ1n) is 7.48. The predicted molar refractivity (Wildman–Crippen MR) is 83.8 cm³/mol. The Balaban J connectivity index is 2.22. The van der Waals surface area contributed by atoms with Crippen LogP contribution in [0.4, 0.5) is 0 Å². The monoisotopic (exact) mass is 306 g/mol. The van der Waals surface area contributed by atoms with Gasteiger partial charge in [0.15, 0.2) is 9.84 Å². The Morgan fingerprint density at radius 2 is 1.95 bits per heavy atom. The third-order valence-corrected chi connectivity index (χ3v) is 6.36. The first-order chi connectivity index (χ1) is 10.1. The quantitative estimate of drug-likeness (QED) is 0.755. The average molecular weight is 306 g/mol. The number of allylic oxidation sites excluding steroid dienone is 1. The molecule has 1 unspecified atom stereocenters. The van der Waals surface area contributed by atoms with Gasteiger partial charge in [0, 0.05) is 12.3 Å². The number of carbonyl (C=O) groups is 1. The lowest BCUT2D eigenvalue weighted by Gasteiger charge is -2.25. The van der Waals surface area contributed by atoms with Crippen molar-refractivity contribution < 1.29 is 13.2 Å². The molecule has 4 heteroatoms. The highest BCUT2D eigenvalue weighted by Gasteiger charge is 2.32. The van der Waals surface area contributed by atoms with Gasteiger partial charge in [-0.1, -0.05) is 30.7 Å². The molecule has 114 valence electrons. The third kappa shape index (κ3) is 3.82. The van der Waals surface area contributed by atoms with Crippen LogP contribution in [0, 0.1) is 5.92 Å². The second-order valence-corrected chi connectivity index (χ2v) is 7.88. The Labute approximate surface area is 127 Å². The van der Waals surface area contributed by atoms with Crippen molar-refractivity contribution in [2.45, 2.75) is 48.7 Å². The Kier molecular flexibility index (Phi) is 5.34. The lowest BCUT2D eigenvalue weighted by Crippen LogP contribution is -2.29. The topological polar surface area (TPSA) is 51.2 Å². The van der Waals surface area contributed by atoms with E-state index in [-0.39, 0.29) is 11.7 Å². The second-order valence-electron chi connectivity index (χ2n) is 5.65. The number of ketones is 1. The van der Waals surface area contributed by atoms with Gasteiger partial charge in [-0.15, -0.1) is 6.58 Å². The first kappa shape index (κ1) is 16.0. The normalized spacial score (nSPS) is 21.0. The van der Waals surface area contributed by atoms with E-state index in [2.05, 4.69) is 6.58 Å². The summed E-state index contributed by atoms with van der Waals surface area (Å²) >= 11 is 0. The van der Waals surface area contributed by atoms with E-state index in [9.17, 15) is 13.2 Å². The van der Waals surface area contributed by atoms with E-state index in [1.807, 2.05) is 0 Å². The molecule has 1 aromatic rings. The molecule has 0 N–H and O–H groups in total. The van der Waals surface area contributed by atoms with E-state index < -0.39 is 15.1 Å². The summed E-state index contributed by atoms with van der Waals surface area (Å²) in [5, 5.41) is -0.551. The molecule has 2 atom stereocenters. The van der Waals surface area contributed by atoms with Gasteiger partial charge in [0.2, 0.25) is 0 Å². The van der Waals surface area contributed by atoms with Crippen LogP contribution in [0.2, 0.25) is 0 Å². The number of rotatable bonds is 6. The smallest absolute Gasteiger partial charge is 0.181 e. The van der Waals surface area contributed by atoms with Crippen molar-refractivity contribution in [2.75, 3.05) is 0 Å². The molecule has 0 bridgehead atoms. The molecule has 0 radical (unpaired) electrons. The maximum absolute atomic E-state index is 12.7. The Bertz CT molecular complexity index is 590. The molecule has 0 amide bonds. The van der Waals surface area contributed by atoms with E-state index in [4.69, 9.17) is 0 Å². The molecule has 0 saturated heterocycles. The molecule has 2 rings (SSSR count). The largest absolute Gasteiger partial charge is 0.299 e. The zero-order valence-corrected chi connectivity index (χ0v) is 13.0. The SMILES string of the molecule is C=CC[C@@H](CC1CCCCC1=O)S(=O)(=O)c1ccccc1. The van der Waals surface area contributed by atoms with Crippen molar-refractivity contribution in [2.24, 2.45) is 5.92 Å². The van der Waals surface area contributed by atoms with Crippen LogP contribution in [0.3, 0.4) is 0 Å². The molecule has 0 aromatic heterocycles. The summed E-state index contributed by atoms with van der Waals surface area (Å²) in [5.41, 5.74) is 0. The van der Waals surface area contributed by atoms with E-state index in [1.54, 1.807) is 36.4 Å². The molecular formula is C17H22O3S. The molecular weight excluding hydrogens is 284 g/mol. The van der Waals surface area contributed by atoms with Crippen LogP contribution in [0.1, 0.15) is 38.5 Å². The molecule has 1 fully saturated rings. The standard InChI is InChI=1S/C17H22O3S/c1-2-8-16(13-14-9-6-7-12-17(14)18)21(19,20)15-10-4-3-5-11-15/h2-5,10-11,14,16H,1,6-9,12-13H2/t14?,16-/m0/s1. The van der Waals surface area contributed by atoms with Crippen molar-refractivity contribution in [1.82, 2.24) is 0 Å². The summed E-state index contributed by atoms with van der Waals surface area (Å²) in [5.74, 6) is 0.112. The van der Waals surface area contributed by atoms with Crippen molar-refractivity contribution in [3.63, 3.8) is 0 Å². The zero-order valence-electron chi connectivity index (χ0n) is 12.2. The summed E-state index contributed by atoms with van der Waals surface area (Å²) in [6, 6.07) is 8.49. The highest BCUT2D eigenvalue weighted by Crippen LogP contribution is 2.30. The number of hydrogen-bond donors (Lipinski definition) is 0. The molecule has 0 spiro atoms. The molecule has 21 heavy (non-hydrogen) atoms. The van der Waals surface area contributed by atoms with Crippen LogP contribution in [-0.2, 0) is 14.6 Å². The maximum atomic E-state index is 12.7. The van der Waals surface area contributed by atoms with Crippen molar-refractivity contribution >= 4 is 15.6 Å². The van der Waals surface area contributed by atoms with Gasteiger partial charge in [0.25, 0.3) is 0 Å². The van der Waals surface area contributed by atoms with Gasteiger partial charge in [-0.05, 0) is 37.8 Å². The van der Waals surface area contributed by atoms with E-state index >= 15 is 0 Å². The lowest BCUT2D eigenvalue weighted by molar-refractivity contribution is -0.124. The summed E-state index contributed by atoms with van der Waals surface area (Å²) in [7, 11) is -3.41. The fourth-order valence-corrected chi connectivity index (χ4v) is 4.76. The Morgan fingerprint density at radius 1 is 1.24 bits per heavy atom. The van der Waals surface area contributed by atoms with Gasteiger partial charge in [-0.25, -0.2) is 8.42 Å². The van der Waals surface area contributed by atoms with Crippen LogP contribution in [-0.4, -0.2) is 19.5 Å². The van der Waals surface area contributed by atoms with Crippen LogP contribution in [0.25, 0.3) is 0 Å². The molecule has 0 aliphatic heterocycles. The van der Waals surface area contributed by atoms with Crippen molar-refractivity contribution in [3.05, 3.63) is 43.0 Å². The lowest BCUT2D eigenvalue weighted by atomic mass is 9.84. The summed E-state index contributed by atoms with van der Waals surface area (Å²) in [4.78, 5) is 12.3. The highest BCUT2D eigenvalue weighted by atomic mass is 32.2. The van der Waals surface area contributed by atoms with Crippen LogP contribution < -0.4 is 0 Å².